The van der Waals surface area contributed by atoms with Gasteiger partial charge in [0.25, 0.3) is 5.56 Å². The molecule has 2 heterocycles. The number of nitrogens with two attached hydrogens (primary N) is 1. The molecule has 0 aliphatic carbocycles. The zero-order valence-corrected chi connectivity index (χ0v) is 23.7. The quantitative estimate of drug-likeness (QED) is 0.161. The van der Waals surface area contributed by atoms with E-state index in [1.165, 1.54) is 4.57 Å². The Labute approximate surface area is 232 Å². The second-order valence-electron chi connectivity index (χ2n) is 9.63. The first-order chi connectivity index (χ1) is 18.5. The largest absolute Gasteiger partial charge is 0.465 e. The molecule has 1 unspecified atom stereocenters. The predicted molar refractivity (Wildman–Crippen MR) is 152 cm³/mol. The first-order valence-electron chi connectivity index (χ1n) is 13.0. The first kappa shape index (κ1) is 30.2. The summed E-state index contributed by atoms with van der Waals surface area (Å²) >= 11 is 6.17. The van der Waals surface area contributed by atoms with E-state index in [4.69, 9.17) is 31.5 Å². The molecule has 0 fully saturated rings. The van der Waals surface area contributed by atoms with Crippen LogP contribution in [0.2, 0.25) is 5.02 Å². The maximum Gasteiger partial charge on any atom is 0.308 e. The zero-order chi connectivity index (χ0) is 28.7. The number of carbonyl (C=O) groups is 2. The number of aromatic nitrogens is 2. The number of amides is 1. The Balaban J connectivity index is 1.85. The van der Waals surface area contributed by atoms with Gasteiger partial charge < -0.3 is 34.8 Å². The van der Waals surface area contributed by atoms with Crippen LogP contribution >= 0.6 is 11.6 Å². The molecule has 10 nitrogen and oxygen atoms in total. The Morgan fingerprint density at radius 2 is 1.79 bits per heavy atom. The number of pyridine rings is 1. The molecule has 3 rings (SSSR count). The summed E-state index contributed by atoms with van der Waals surface area (Å²) in [7, 11) is 0. The molecule has 1 aromatic carbocycles. The van der Waals surface area contributed by atoms with E-state index >= 15 is 0 Å². The third kappa shape index (κ3) is 7.62. The minimum Gasteiger partial charge on any atom is -0.465 e. The topological polar surface area (TPSA) is 138 Å². The van der Waals surface area contributed by atoms with Crippen LogP contribution in [-0.4, -0.2) is 53.6 Å². The maximum absolute atomic E-state index is 13.4. The number of esters is 1. The van der Waals surface area contributed by atoms with Gasteiger partial charge in [0.2, 0.25) is 5.91 Å². The number of benzene rings is 1. The average Bonchev–Trinajstić information content (AvgIpc) is 3.34. The highest BCUT2D eigenvalue weighted by molar-refractivity contribution is 6.33. The molecule has 2 aromatic heterocycles. The van der Waals surface area contributed by atoms with Crippen molar-refractivity contribution in [1.82, 2.24) is 14.9 Å². The number of ether oxygens (including phenoxy) is 3. The molecular weight excluding hydrogens is 524 g/mol. The summed E-state index contributed by atoms with van der Waals surface area (Å²) in [6, 6.07) is 7.10. The lowest BCUT2D eigenvalue weighted by Gasteiger charge is -2.28. The third-order valence-corrected chi connectivity index (χ3v) is 6.43. The Kier molecular flexibility index (Phi) is 10.6. The van der Waals surface area contributed by atoms with Gasteiger partial charge in [0.15, 0.2) is 6.29 Å². The minimum atomic E-state index is -0.891. The van der Waals surface area contributed by atoms with Crippen LogP contribution in [0.15, 0.2) is 41.3 Å². The SMILES string of the molecule is CCOC(OCC)[C@H](CC(=O)OCC(C)C)NC(=O)C(C)n1ccc2cc(-c3ccc(N)c(Cl)c3)[nH]c2c1=O. The van der Waals surface area contributed by atoms with Crippen molar-refractivity contribution in [1.29, 1.82) is 0 Å². The minimum absolute atomic E-state index is 0.145. The lowest BCUT2D eigenvalue weighted by molar-refractivity contribution is -0.168. The van der Waals surface area contributed by atoms with Crippen LogP contribution < -0.4 is 16.6 Å². The smallest absolute Gasteiger partial charge is 0.308 e. The molecule has 0 aliphatic rings. The van der Waals surface area contributed by atoms with Crippen molar-refractivity contribution in [3.05, 3.63) is 51.9 Å². The number of anilines is 1. The number of halogens is 1. The number of hydrogen-bond acceptors (Lipinski definition) is 7. The van der Waals surface area contributed by atoms with Crippen molar-refractivity contribution >= 4 is 40.1 Å². The van der Waals surface area contributed by atoms with E-state index in [2.05, 4.69) is 10.3 Å². The van der Waals surface area contributed by atoms with Gasteiger partial charge in [0.05, 0.1) is 29.8 Å². The molecule has 0 bridgehead atoms. The Hall–Kier alpha value is -3.34. The van der Waals surface area contributed by atoms with Crippen molar-refractivity contribution < 1.29 is 23.8 Å². The number of H-pyrrole nitrogens is 1. The average molecular weight is 561 g/mol. The van der Waals surface area contributed by atoms with Crippen molar-refractivity contribution in [2.45, 2.75) is 59.4 Å². The number of hydrogen-bond donors (Lipinski definition) is 3. The standard InChI is InChI=1S/C28H37ClN4O6/c1-6-37-28(38-7-2)23(14-24(34)39-15-16(3)4)32-26(35)17(5)33-11-10-19-13-22(31-25(19)27(33)36)18-8-9-21(30)20(29)12-18/h8-13,16-17,23,28,31H,6-7,14-15,30H2,1-5H3,(H,32,35)/t17?,23-/m0/s1. The molecule has 0 spiro atoms. The van der Waals surface area contributed by atoms with Crippen LogP contribution in [0.1, 0.15) is 47.1 Å². The van der Waals surface area contributed by atoms with Crippen molar-refractivity contribution in [3.63, 3.8) is 0 Å². The van der Waals surface area contributed by atoms with Crippen LogP contribution in [0.5, 0.6) is 0 Å². The van der Waals surface area contributed by atoms with Gasteiger partial charge in [-0.3, -0.25) is 14.4 Å². The number of nitrogens with one attached hydrogen (secondary N) is 2. The summed E-state index contributed by atoms with van der Waals surface area (Å²) < 4.78 is 18.0. The molecule has 39 heavy (non-hydrogen) atoms. The Morgan fingerprint density at radius 1 is 1.10 bits per heavy atom. The lowest BCUT2D eigenvalue weighted by atomic mass is 10.1. The van der Waals surface area contributed by atoms with E-state index in [0.717, 1.165) is 5.56 Å². The lowest BCUT2D eigenvalue weighted by Crippen LogP contribution is -2.49. The number of fused-ring (bicyclic) bond motifs is 1. The van der Waals surface area contributed by atoms with E-state index in [-0.39, 0.29) is 24.5 Å². The first-order valence-corrected chi connectivity index (χ1v) is 13.4. The summed E-state index contributed by atoms with van der Waals surface area (Å²) in [5, 5.41) is 3.93. The summed E-state index contributed by atoms with van der Waals surface area (Å²) in [4.78, 5) is 42.3. The van der Waals surface area contributed by atoms with E-state index < -0.39 is 30.3 Å². The van der Waals surface area contributed by atoms with Crippen molar-refractivity contribution in [2.24, 2.45) is 5.92 Å². The number of aromatic amines is 1. The van der Waals surface area contributed by atoms with Gasteiger partial charge >= 0.3 is 5.97 Å². The van der Waals surface area contributed by atoms with Crippen LogP contribution in [0.3, 0.4) is 0 Å². The van der Waals surface area contributed by atoms with Gasteiger partial charge in [-0.1, -0.05) is 31.5 Å². The third-order valence-electron chi connectivity index (χ3n) is 6.10. The fourth-order valence-corrected chi connectivity index (χ4v) is 4.22. The molecular formula is C28H37ClN4O6. The van der Waals surface area contributed by atoms with Gasteiger partial charge in [-0.15, -0.1) is 0 Å². The van der Waals surface area contributed by atoms with E-state index in [9.17, 15) is 14.4 Å². The van der Waals surface area contributed by atoms with E-state index in [1.54, 1.807) is 51.2 Å². The molecule has 0 saturated carbocycles. The molecule has 11 heteroatoms. The summed E-state index contributed by atoms with van der Waals surface area (Å²) in [5.41, 5.74) is 7.70. The highest BCUT2D eigenvalue weighted by Gasteiger charge is 2.30. The Morgan fingerprint density at radius 3 is 2.41 bits per heavy atom. The van der Waals surface area contributed by atoms with Gasteiger partial charge in [-0.25, -0.2) is 0 Å². The van der Waals surface area contributed by atoms with Crippen molar-refractivity contribution in [3.8, 4) is 11.3 Å². The van der Waals surface area contributed by atoms with Crippen LogP contribution in [-0.2, 0) is 23.8 Å². The van der Waals surface area contributed by atoms with E-state index in [1.807, 2.05) is 19.9 Å². The van der Waals surface area contributed by atoms with Gasteiger partial charge in [0, 0.05) is 30.5 Å². The summed E-state index contributed by atoms with van der Waals surface area (Å²) in [6.45, 7) is 9.96. The molecule has 1 amide bonds. The molecule has 3 aromatic rings. The van der Waals surface area contributed by atoms with Crippen LogP contribution in [0.4, 0.5) is 5.69 Å². The van der Waals surface area contributed by atoms with Crippen molar-refractivity contribution in [2.75, 3.05) is 25.6 Å². The Bertz CT molecular complexity index is 1350. The van der Waals surface area contributed by atoms with Crippen LogP contribution in [0.25, 0.3) is 22.2 Å². The van der Waals surface area contributed by atoms with Gasteiger partial charge in [-0.05, 0) is 56.5 Å². The highest BCUT2D eigenvalue weighted by atomic mass is 35.5. The fourth-order valence-electron chi connectivity index (χ4n) is 4.04. The van der Waals surface area contributed by atoms with Crippen LogP contribution in [0, 0.1) is 5.92 Å². The summed E-state index contributed by atoms with van der Waals surface area (Å²) in [5.74, 6) is -0.783. The second kappa shape index (κ2) is 13.6. The number of carbonyl (C=O) groups excluding carboxylic acids is 2. The number of nitrogens with zero attached hydrogens (tertiary/aromatic N) is 1. The molecule has 0 radical (unpaired) electrons. The second-order valence-corrected chi connectivity index (χ2v) is 10.0. The number of nitrogen functional groups attached to an aromatic ring is 1. The van der Waals surface area contributed by atoms with Gasteiger partial charge in [0.1, 0.15) is 11.6 Å². The predicted octanol–water partition coefficient (Wildman–Crippen LogP) is 4.27. The van der Waals surface area contributed by atoms with E-state index in [0.29, 0.717) is 40.5 Å². The highest BCUT2D eigenvalue weighted by Crippen LogP contribution is 2.28. The fraction of sp³-hybridized carbons (Fsp3) is 0.464. The molecule has 212 valence electrons. The molecule has 2 atom stereocenters. The molecule has 0 saturated heterocycles. The monoisotopic (exact) mass is 560 g/mol. The maximum atomic E-state index is 13.4. The number of rotatable bonds is 13. The summed E-state index contributed by atoms with van der Waals surface area (Å²) in [6.07, 6.45) is 0.560. The normalized spacial score (nSPS) is 13.1. The zero-order valence-electron chi connectivity index (χ0n) is 23.0. The molecule has 4 N–H and O–H groups in total. The van der Waals surface area contributed by atoms with Gasteiger partial charge in [-0.2, -0.15) is 0 Å². The molecule has 0 aliphatic heterocycles.